The lowest BCUT2D eigenvalue weighted by atomic mass is 9.86. The van der Waals surface area contributed by atoms with Gasteiger partial charge < -0.3 is 9.15 Å². The van der Waals surface area contributed by atoms with Crippen LogP contribution in [0.1, 0.15) is 47.1 Å². The average Bonchev–Trinajstić information content (AvgIpc) is 3.19. The van der Waals surface area contributed by atoms with E-state index in [1.807, 2.05) is 48.5 Å². The molecule has 0 saturated heterocycles. The van der Waals surface area contributed by atoms with E-state index < -0.39 is 12.1 Å². The zero-order valence-corrected chi connectivity index (χ0v) is 14.9. The van der Waals surface area contributed by atoms with Crippen molar-refractivity contribution in [2.45, 2.75) is 32.3 Å². The summed E-state index contributed by atoms with van der Waals surface area (Å²) in [6.45, 7) is 1.57. The first-order valence-electron chi connectivity index (χ1n) is 8.94. The Balaban J connectivity index is 1.92. The second-order valence-electron chi connectivity index (χ2n) is 6.55. The molecule has 5 heteroatoms. The quantitative estimate of drug-likeness (QED) is 0.630. The first-order valence-corrected chi connectivity index (χ1v) is 8.94. The molecule has 1 atom stereocenters. The Labute approximate surface area is 156 Å². The van der Waals surface area contributed by atoms with E-state index in [0.717, 1.165) is 52.8 Å². The monoisotopic (exact) mass is 358 g/mol. The first kappa shape index (κ1) is 17.0. The van der Waals surface area contributed by atoms with E-state index in [2.05, 4.69) is 0 Å². The molecule has 0 N–H and O–H groups in total. The van der Waals surface area contributed by atoms with Gasteiger partial charge in [-0.3, -0.25) is 0 Å². The fourth-order valence-electron chi connectivity index (χ4n) is 3.50. The van der Waals surface area contributed by atoms with Crippen LogP contribution in [0.4, 0.5) is 0 Å². The third kappa shape index (κ3) is 3.22. The van der Waals surface area contributed by atoms with Crippen LogP contribution >= 0.6 is 0 Å². The van der Waals surface area contributed by atoms with E-state index >= 15 is 0 Å². The second-order valence-corrected chi connectivity index (χ2v) is 6.55. The van der Waals surface area contributed by atoms with Crippen LogP contribution in [-0.4, -0.2) is 17.1 Å². The zero-order valence-electron chi connectivity index (χ0n) is 14.9. The molecular weight excluding hydrogens is 340 g/mol. The summed E-state index contributed by atoms with van der Waals surface area (Å²) in [6.07, 6.45) is 5.33. The molecule has 1 aliphatic rings. The largest absolute Gasteiger partial charge is 0.465 e. The Hall–Kier alpha value is -3.39. The van der Waals surface area contributed by atoms with Crippen molar-refractivity contribution >= 4 is 28.5 Å². The van der Waals surface area contributed by atoms with Crippen LogP contribution in [-0.2, 0) is 11.2 Å². The van der Waals surface area contributed by atoms with Crippen molar-refractivity contribution in [3.63, 3.8) is 0 Å². The van der Waals surface area contributed by atoms with Crippen LogP contribution in [0.15, 0.2) is 47.1 Å². The summed E-state index contributed by atoms with van der Waals surface area (Å²) in [4.78, 5) is 17.7. The molecule has 1 aliphatic carbocycles. The third-order valence-electron chi connectivity index (χ3n) is 4.70. The summed E-state index contributed by atoms with van der Waals surface area (Å²) in [5.41, 5.74) is 3.99. The minimum Gasteiger partial charge on any atom is -0.465 e. The minimum atomic E-state index is -0.804. The molecule has 0 saturated carbocycles. The number of ether oxygens (including phenoxy) is 1. The zero-order chi connectivity index (χ0) is 18.8. The van der Waals surface area contributed by atoms with Crippen LogP contribution in [0.3, 0.4) is 0 Å². The number of furan rings is 1. The highest BCUT2D eigenvalue weighted by Gasteiger charge is 2.26. The van der Waals surface area contributed by atoms with Gasteiger partial charge in [-0.05, 0) is 61.6 Å². The van der Waals surface area contributed by atoms with Crippen molar-refractivity contribution in [3.8, 4) is 6.07 Å². The predicted octanol–water partition coefficient (Wildman–Crippen LogP) is 4.77. The third-order valence-corrected chi connectivity index (χ3v) is 4.70. The van der Waals surface area contributed by atoms with Crippen molar-refractivity contribution < 1.29 is 13.9 Å². The maximum absolute atomic E-state index is 12.9. The van der Waals surface area contributed by atoms with Crippen LogP contribution < -0.4 is 0 Å². The van der Waals surface area contributed by atoms with E-state index in [0.29, 0.717) is 5.56 Å². The van der Waals surface area contributed by atoms with Gasteiger partial charge in [0, 0.05) is 5.39 Å². The Morgan fingerprint density at radius 2 is 2.15 bits per heavy atom. The molecule has 0 fully saturated rings. The fraction of sp³-hybridized carbons (Fsp3) is 0.227. The smallest absolute Gasteiger partial charge is 0.340 e. The number of para-hydroxylation sites is 1. The lowest BCUT2D eigenvalue weighted by Crippen LogP contribution is -2.18. The molecule has 27 heavy (non-hydrogen) atoms. The summed E-state index contributed by atoms with van der Waals surface area (Å²) >= 11 is 0. The number of esters is 1. The summed E-state index contributed by atoms with van der Waals surface area (Å²) < 4.78 is 10.8. The molecule has 0 amide bonds. The van der Waals surface area contributed by atoms with Gasteiger partial charge in [-0.25, -0.2) is 9.78 Å². The van der Waals surface area contributed by atoms with Crippen molar-refractivity contribution in [2.75, 3.05) is 0 Å². The van der Waals surface area contributed by atoms with Gasteiger partial charge in [-0.15, -0.1) is 0 Å². The topological polar surface area (TPSA) is 76.1 Å². The van der Waals surface area contributed by atoms with E-state index in [-0.39, 0.29) is 0 Å². The molecule has 1 unspecified atom stereocenters. The van der Waals surface area contributed by atoms with Crippen molar-refractivity contribution in [2.24, 2.45) is 0 Å². The number of rotatable bonds is 3. The maximum Gasteiger partial charge on any atom is 0.340 e. The van der Waals surface area contributed by atoms with Crippen molar-refractivity contribution in [1.82, 2.24) is 4.98 Å². The summed E-state index contributed by atoms with van der Waals surface area (Å²) in [6, 6.07) is 13.2. The number of aromatic nitrogens is 1. The van der Waals surface area contributed by atoms with Gasteiger partial charge in [0.1, 0.15) is 11.8 Å². The molecule has 0 radical (unpaired) electrons. The fourth-order valence-corrected chi connectivity index (χ4v) is 3.50. The Bertz CT molecular complexity index is 1070. The first-order chi connectivity index (χ1) is 13.2. The molecule has 0 spiro atoms. The van der Waals surface area contributed by atoms with Crippen LogP contribution in [0.2, 0.25) is 0 Å². The number of pyridine rings is 1. The van der Waals surface area contributed by atoms with E-state index in [1.165, 1.54) is 0 Å². The Kier molecular flexibility index (Phi) is 4.47. The molecule has 0 bridgehead atoms. The number of nitrogens with zero attached hydrogens (tertiary/aromatic N) is 2. The van der Waals surface area contributed by atoms with E-state index in [4.69, 9.17) is 19.4 Å². The molecule has 4 rings (SSSR count). The summed E-state index contributed by atoms with van der Waals surface area (Å²) in [7, 11) is 0. The number of allylic oxidation sites excluding steroid dienone is 1. The molecule has 1 aromatic carbocycles. The molecule has 134 valence electrons. The number of benzene rings is 1. The van der Waals surface area contributed by atoms with E-state index in [9.17, 15) is 4.79 Å². The van der Waals surface area contributed by atoms with Gasteiger partial charge in [-0.1, -0.05) is 18.2 Å². The van der Waals surface area contributed by atoms with Crippen LogP contribution in [0.5, 0.6) is 0 Å². The second kappa shape index (κ2) is 7.08. The van der Waals surface area contributed by atoms with Crippen LogP contribution in [0, 0.1) is 11.3 Å². The lowest BCUT2D eigenvalue weighted by Gasteiger charge is -2.22. The van der Waals surface area contributed by atoms with Gasteiger partial charge >= 0.3 is 5.97 Å². The lowest BCUT2D eigenvalue weighted by molar-refractivity contribution is 0.0436. The van der Waals surface area contributed by atoms with Gasteiger partial charge in [-0.2, -0.15) is 5.26 Å². The van der Waals surface area contributed by atoms with Gasteiger partial charge in [0.15, 0.2) is 6.10 Å². The van der Waals surface area contributed by atoms with Crippen molar-refractivity contribution in [1.29, 1.82) is 5.26 Å². The normalized spacial score (nSPS) is 15.9. The molecule has 2 heterocycles. The number of nitriles is 1. The highest BCUT2D eigenvalue weighted by atomic mass is 16.5. The summed E-state index contributed by atoms with van der Waals surface area (Å²) in [5.74, 6) is 0.285. The number of carbonyl (C=O) groups excluding carboxylic acids is 1. The summed E-state index contributed by atoms with van der Waals surface area (Å²) in [5, 5.41) is 9.76. The average molecular weight is 358 g/mol. The van der Waals surface area contributed by atoms with Gasteiger partial charge in [0.25, 0.3) is 0 Å². The molecule has 2 aromatic heterocycles. The van der Waals surface area contributed by atoms with Crippen molar-refractivity contribution in [3.05, 3.63) is 65.2 Å². The number of fused-ring (bicyclic) bond motifs is 2. The SMILES string of the molecule is CC(C#N)OC(=O)c1c2c(nc3ccccc13)C(=Cc1ccco1)CCC2. The maximum atomic E-state index is 12.9. The van der Waals surface area contributed by atoms with Gasteiger partial charge in [0.05, 0.1) is 23.0 Å². The standard InChI is InChI=1S/C22H18N2O3/c1-14(13-23)27-22(25)20-17-8-2-3-10-19(17)24-21-15(6-4-9-18(20)21)12-16-7-5-11-26-16/h2-3,5,7-8,10-12,14H,4,6,9H2,1H3. The number of hydrogen-bond acceptors (Lipinski definition) is 5. The molecule has 0 aliphatic heterocycles. The Morgan fingerprint density at radius 1 is 1.30 bits per heavy atom. The number of carbonyl (C=O) groups is 1. The molecular formula is C22H18N2O3. The predicted molar refractivity (Wildman–Crippen MR) is 102 cm³/mol. The molecule has 3 aromatic rings. The molecule has 5 nitrogen and oxygen atoms in total. The highest BCUT2D eigenvalue weighted by Crippen LogP contribution is 2.36. The van der Waals surface area contributed by atoms with Gasteiger partial charge in [0.2, 0.25) is 0 Å². The minimum absolute atomic E-state index is 0.474. The Morgan fingerprint density at radius 3 is 2.93 bits per heavy atom. The number of hydrogen-bond donors (Lipinski definition) is 0. The van der Waals surface area contributed by atoms with Crippen LogP contribution in [0.25, 0.3) is 22.6 Å². The highest BCUT2D eigenvalue weighted by molar-refractivity contribution is 6.06. The van der Waals surface area contributed by atoms with E-state index in [1.54, 1.807) is 13.2 Å².